The van der Waals surface area contributed by atoms with Crippen molar-refractivity contribution in [3.63, 3.8) is 0 Å². The number of nitrogens with one attached hydrogen (secondary N) is 1. The zero-order valence-electron chi connectivity index (χ0n) is 10.6. The first-order valence-electron chi connectivity index (χ1n) is 5.91. The van der Waals surface area contributed by atoms with Gasteiger partial charge in [-0.3, -0.25) is 4.79 Å². The zero-order chi connectivity index (χ0) is 15.5. The molecule has 112 valence electrons. The molecule has 0 saturated carbocycles. The number of alkyl halides is 3. The number of aromatic nitrogens is 2. The number of nitrogens with zero attached hydrogens (tertiary/aromatic N) is 2. The van der Waals surface area contributed by atoms with E-state index in [1.165, 1.54) is 24.3 Å². The Balaban J connectivity index is 2.15. The van der Waals surface area contributed by atoms with Crippen molar-refractivity contribution in [2.24, 2.45) is 5.73 Å². The molecule has 2 rings (SSSR count). The molecule has 0 fully saturated rings. The Labute approximate surface area is 117 Å². The lowest BCUT2D eigenvalue weighted by Crippen LogP contribution is -2.28. The summed E-state index contributed by atoms with van der Waals surface area (Å²) in [6.07, 6.45) is -4.69. The fraction of sp³-hybridized carbons (Fsp3) is 0.250. The molecule has 0 unspecified atom stereocenters. The van der Waals surface area contributed by atoms with Crippen LogP contribution in [0.2, 0.25) is 0 Å². The predicted octanol–water partition coefficient (Wildman–Crippen LogP) is 1.44. The maximum absolute atomic E-state index is 12.3. The van der Waals surface area contributed by atoms with Crippen molar-refractivity contribution in [1.82, 2.24) is 15.5 Å². The Hall–Kier alpha value is -2.42. The number of carbonyl (C=O) groups is 1. The highest BCUT2D eigenvalue weighted by Gasteiger charge is 2.38. The number of nitrogens with two attached hydrogens (primary N) is 1. The molecule has 0 saturated heterocycles. The highest BCUT2D eigenvalue weighted by molar-refractivity contribution is 5.94. The van der Waals surface area contributed by atoms with Crippen LogP contribution in [-0.4, -0.2) is 29.1 Å². The van der Waals surface area contributed by atoms with E-state index in [9.17, 15) is 18.0 Å². The fourth-order valence-corrected chi connectivity index (χ4v) is 1.51. The molecule has 0 radical (unpaired) electrons. The van der Waals surface area contributed by atoms with Gasteiger partial charge in [-0.15, -0.1) is 0 Å². The van der Waals surface area contributed by atoms with Crippen LogP contribution < -0.4 is 11.1 Å². The van der Waals surface area contributed by atoms with Crippen LogP contribution in [0.5, 0.6) is 0 Å². The number of hydrogen-bond donors (Lipinski definition) is 2. The van der Waals surface area contributed by atoms with Crippen molar-refractivity contribution in [3.05, 3.63) is 35.7 Å². The standard InChI is InChI=1S/C12H11F3N4O2/c13-12(14,15)11-18-9(19-21-11)7-1-3-8(4-2-7)10(20)17-6-5-16/h1-4H,5-6,16H2,(H,17,20). The molecule has 3 N–H and O–H groups in total. The first-order valence-corrected chi connectivity index (χ1v) is 5.91. The molecule has 0 spiro atoms. The molecular formula is C12H11F3N4O2. The zero-order valence-corrected chi connectivity index (χ0v) is 10.6. The van der Waals surface area contributed by atoms with Gasteiger partial charge in [0.25, 0.3) is 5.91 Å². The van der Waals surface area contributed by atoms with E-state index < -0.39 is 12.1 Å². The first-order chi connectivity index (χ1) is 9.91. The second kappa shape index (κ2) is 5.92. The van der Waals surface area contributed by atoms with Gasteiger partial charge in [-0.05, 0) is 12.1 Å². The van der Waals surface area contributed by atoms with Crippen molar-refractivity contribution in [2.75, 3.05) is 13.1 Å². The van der Waals surface area contributed by atoms with Crippen molar-refractivity contribution < 1.29 is 22.5 Å². The second-order valence-electron chi connectivity index (χ2n) is 4.04. The molecule has 0 aliphatic carbocycles. The van der Waals surface area contributed by atoms with Gasteiger partial charge >= 0.3 is 12.1 Å². The molecule has 1 heterocycles. The maximum Gasteiger partial charge on any atom is 0.471 e. The Morgan fingerprint density at radius 1 is 1.29 bits per heavy atom. The molecule has 0 bridgehead atoms. The third-order valence-corrected chi connectivity index (χ3v) is 2.50. The quantitative estimate of drug-likeness (QED) is 0.891. The largest absolute Gasteiger partial charge is 0.471 e. The van der Waals surface area contributed by atoms with Crippen LogP contribution in [0.1, 0.15) is 16.2 Å². The van der Waals surface area contributed by atoms with Crippen molar-refractivity contribution in [2.45, 2.75) is 6.18 Å². The van der Waals surface area contributed by atoms with Gasteiger partial charge in [0.2, 0.25) is 5.82 Å². The summed E-state index contributed by atoms with van der Waals surface area (Å²) in [6, 6.07) is 5.76. The average Bonchev–Trinajstić information content (AvgIpc) is 2.95. The van der Waals surface area contributed by atoms with Gasteiger partial charge in [-0.1, -0.05) is 17.3 Å². The summed E-state index contributed by atoms with van der Waals surface area (Å²) in [7, 11) is 0. The third-order valence-electron chi connectivity index (χ3n) is 2.50. The number of benzene rings is 1. The van der Waals surface area contributed by atoms with E-state index in [1.54, 1.807) is 0 Å². The average molecular weight is 300 g/mol. The van der Waals surface area contributed by atoms with Gasteiger partial charge in [-0.25, -0.2) is 0 Å². The lowest BCUT2D eigenvalue weighted by atomic mass is 10.1. The van der Waals surface area contributed by atoms with E-state index in [0.29, 0.717) is 24.2 Å². The normalized spacial score (nSPS) is 11.4. The molecule has 1 aromatic heterocycles. The topological polar surface area (TPSA) is 94.0 Å². The minimum Gasteiger partial charge on any atom is -0.351 e. The number of carbonyl (C=O) groups excluding carboxylic acids is 1. The van der Waals surface area contributed by atoms with Crippen molar-refractivity contribution in [1.29, 1.82) is 0 Å². The van der Waals surface area contributed by atoms with Gasteiger partial charge in [0, 0.05) is 24.2 Å². The van der Waals surface area contributed by atoms with Crippen LogP contribution in [-0.2, 0) is 6.18 Å². The van der Waals surface area contributed by atoms with E-state index in [1.807, 2.05) is 0 Å². The lowest BCUT2D eigenvalue weighted by Gasteiger charge is -2.03. The van der Waals surface area contributed by atoms with Crippen molar-refractivity contribution in [3.8, 4) is 11.4 Å². The number of hydrogen-bond acceptors (Lipinski definition) is 5. The Morgan fingerprint density at radius 2 is 1.95 bits per heavy atom. The van der Waals surface area contributed by atoms with E-state index in [-0.39, 0.29) is 11.7 Å². The van der Waals surface area contributed by atoms with E-state index in [4.69, 9.17) is 5.73 Å². The molecule has 21 heavy (non-hydrogen) atoms. The minimum atomic E-state index is -4.69. The smallest absolute Gasteiger partial charge is 0.351 e. The summed E-state index contributed by atoms with van der Waals surface area (Å²) < 4.78 is 41.2. The minimum absolute atomic E-state index is 0.198. The van der Waals surface area contributed by atoms with Crippen LogP contribution in [0.15, 0.2) is 28.8 Å². The van der Waals surface area contributed by atoms with Gasteiger partial charge < -0.3 is 15.6 Å². The number of halogens is 3. The van der Waals surface area contributed by atoms with Gasteiger partial charge in [0.05, 0.1) is 0 Å². The van der Waals surface area contributed by atoms with E-state index in [0.717, 1.165) is 0 Å². The van der Waals surface area contributed by atoms with Gasteiger partial charge in [0.1, 0.15) is 0 Å². The highest BCUT2D eigenvalue weighted by Crippen LogP contribution is 2.29. The van der Waals surface area contributed by atoms with Crippen LogP contribution in [0, 0.1) is 0 Å². The van der Waals surface area contributed by atoms with E-state index in [2.05, 4.69) is 20.0 Å². The second-order valence-corrected chi connectivity index (χ2v) is 4.04. The molecule has 1 aromatic carbocycles. The van der Waals surface area contributed by atoms with Crippen LogP contribution >= 0.6 is 0 Å². The van der Waals surface area contributed by atoms with Crippen LogP contribution in [0.3, 0.4) is 0 Å². The molecule has 0 atom stereocenters. The summed E-state index contributed by atoms with van der Waals surface area (Å²) >= 11 is 0. The Kier molecular flexibility index (Phi) is 4.22. The molecule has 0 aliphatic rings. The van der Waals surface area contributed by atoms with Crippen LogP contribution in [0.25, 0.3) is 11.4 Å². The monoisotopic (exact) mass is 300 g/mol. The lowest BCUT2D eigenvalue weighted by molar-refractivity contribution is -0.159. The maximum atomic E-state index is 12.3. The summed E-state index contributed by atoms with van der Waals surface area (Å²) in [6.45, 7) is 0.646. The summed E-state index contributed by atoms with van der Waals surface area (Å²) in [5, 5.41) is 5.82. The molecule has 2 aromatic rings. The van der Waals surface area contributed by atoms with Gasteiger partial charge in [-0.2, -0.15) is 18.2 Å². The fourth-order valence-electron chi connectivity index (χ4n) is 1.51. The molecule has 1 amide bonds. The van der Waals surface area contributed by atoms with E-state index >= 15 is 0 Å². The first kappa shape index (κ1) is 15.0. The summed E-state index contributed by atoms with van der Waals surface area (Å²) in [4.78, 5) is 14.9. The molecule has 6 nitrogen and oxygen atoms in total. The Morgan fingerprint density at radius 3 is 2.48 bits per heavy atom. The number of rotatable bonds is 4. The highest BCUT2D eigenvalue weighted by atomic mass is 19.4. The van der Waals surface area contributed by atoms with Gasteiger partial charge in [0.15, 0.2) is 0 Å². The molecule has 0 aliphatic heterocycles. The summed E-state index contributed by atoms with van der Waals surface area (Å²) in [5.41, 5.74) is 5.92. The predicted molar refractivity (Wildman–Crippen MR) is 66.1 cm³/mol. The van der Waals surface area contributed by atoms with Crippen LogP contribution in [0.4, 0.5) is 13.2 Å². The SMILES string of the molecule is NCCNC(=O)c1ccc(-c2noc(C(F)(F)F)n2)cc1. The van der Waals surface area contributed by atoms with Crippen molar-refractivity contribution >= 4 is 5.91 Å². The number of amides is 1. The summed E-state index contributed by atoms with van der Waals surface area (Å²) in [5.74, 6) is -1.94. The molecule has 9 heteroatoms. The molecular weight excluding hydrogens is 289 g/mol. The third kappa shape index (κ3) is 3.57. The Bertz CT molecular complexity index is 622.